The van der Waals surface area contributed by atoms with Crippen molar-refractivity contribution in [1.82, 2.24) is 5.32 Å². The van der Waals surface area contributed by atoms with Gasteiger partial charge in [-0.15, -0.1) is 0 Å². The van der Waals surface area contributed by atoms with E-state index in [0.717, 1.165) is 16.9 Å². The minimum absolute atomic E-state index is 0.0382. The van der Waals surface area contributed by atoms with Crippen LogP contribution < -0.4 is 10.1 Å². The second-order valence-corrected chi connectivity index (χ2v) is 4.17. The number of rotatable bonds is 4. The number of benzene rings is 2. The summed E-state index contributed by atoms with van der Waals surface area (Å²) in [6, 6.07) is 15.4. The van der Waals surface area contributed by atoms with Crippen molar-refractivity contribution in [3.8, 4) is 16.9 Å². The van der Waals surface area contributed by atoms with Crippen LogP contribution in [-0.4, -0.2) is 19.6 Å². The molecule has 0 aliphatic carbocycles. The number of methoxy groups -OCH3 is 1. The van der Waals surface area contributed by atoms with Gasteiger partial charge in [-0.05, 0) is 42.3 Å². The zero-order valence-electron chi connectivity index (χ0n) is 11.1. The fraction of sp³-hybridized carbons (Fsp3) is 0.188. The first-order valence-electron chi connectivity index (χ1n) is 6.27. The van der Waals surface area contributed by atoms with Crippen LogP contribution in [0.1, 0.15) is 17.3 Å². The predicted molar refractivity (Wildman–Crippen MR) is 76.4 cm³/mol. The molecule has 0 bridgehead atoms. The molecule has 0 atom stereocenters. The molecule has 2 rings (SSSR count). The first-order valence-corrected chi connectivity index (χ1v) is 6.27. The van der Waals surface area contributed by atoms with Gasteiger partial charge in [0.1, 0.15) is 5.75 Å². The summed E-state index contributed by atoms with van der Waals surface area (Å²) in [5, 5.41) is 2.78. The summed E-state index contributed by atoms with van der Waals surface area (Å²) in [4.78, 5) is 11.6. The first-order chi connectivity index (χ1) is 9.24. The molecule has 19 heavy (non-hydrogen) atoms. The van der Waals surface area contributed by atoms with Crippen LogP contribution in [0.3, 0.4) is 0 Å². The van der Waals surface area contributed by atoms with Crippen LogP contribution in [0.15, 0.2) is 48.5 Å². The maximum absolute atomic E-state index is 11.6. The number of carbonyl (C=O) groups is 1. The quantitative estimate of drug-likeness (QED) is 0.911. The van der Waals surface area contributed by atoms with Crippen LogP contribution in [0, 0.1) is 0 Å². The minimum Gasteiger partial charge on any atom is -0.497 e. The van der Waals surface area contributed by atoms with E-state index < -0.39 is 0 Å². The number of hydrogen-bond donors (Lipinski definition) is 1. The Morgan fingerprint density at radius 1 is 1.00 bits per heavy atom. The second-order valence-electron chi connectivity index (χ2n) is 4.17. The molecule has 2 aromatic carbocycles. The van der Waals surface area contributed by atoms with Crippen LogP contribution in [0.2, 0.25) is 0 Å². The first kappa shape index (κ1) is 13.1. The molecule has 1 amide bonds. The SMILES string of the molecule is CCNC(=O)c1ccc(-c2ccc(OC)cc2)cc1. The molecule has 3 nitrogen and oxygen atoms in total. The maximum atomic E-state index is 11.6. The van der Waals surface area contributed by atoms with Crippen molar-refractivity contribution in [1.29, 1.82) is 0 Å². The topological polar surface area (TPSA) is 38.3 Å². The predicted octanol–water partition coefficient (Wildman–Crippen LogP) is 3.11. The van der Waals surface area contributed by atoms with Crippen molar-refractivity contribution >= 4 is 5.91 Å². The standard InChI is InChI=1S/C16H17NO2/c1-3-17-16(18)14-6-4-12(5-7-14)13-8-10-15(19-2)11-9-13/h4-11H,3H2,1-2H3,(H,17,18). The summed E-state index contributed by atoms with van der Waals surface area (Å²) >= 11 is 0. The van der Waals surface area contributed by atoms with Gasteiger partial charge in [0.25, 0.3) is 5.91 Å². The molecule has 0 spiro atoms. The molecule has 0 unspecified atom stereocenters. The van der Waals surface area contributed by atoms with E-state index in [9.17, 15) is 4.79 Å². The third-order valence-corrected chi connectivity index (χ3v) is 2.91. The van der Waals surface area contributed by atoms with E-state index >= 15 is 0 Å². The molecule has 98 valence electrons. The Balaban J connectivity index is 2.19. The molecule has 0 heterocycles. The average Bonchev–Trinajstić information content (AvgIpc) is 2.48. The summed E-state index contributed by atoms with van der Waals surface area (Å²) in [5.41, 5.74) is 2.86. The number of nitrogens with one attached hydrogen (secondary N) is 1. The number of amides is 1. The highest BCUT2D eigenvalue weighted by Crippen LogP contribution is 2.22. The molecule has 2 aromatic rings. The molecule has 1 N–H and O–H groups in total. The van der Waals surface area contributed by atoms with Crippen LogP contribution in [0.25, 0.3) is 11.1 Å². The largest absolute Gasteiger partial charge is 0.497 e. The van der Waals surface area contributed by atoms with E-state index in [4.69, 9.17) is 4.74 Å². The molecule has 0 aromatic heterocycles. The smallest absolute Gasteiger partial charge is 0.251 e. The lowest BCUT2D eigenvalue weighted by Gasteiger charge is -2.06. The van der Waals surface area contributed by atoms with Gasteiger partial charge in [-0.25, -0.2) is 0 Å². The zero-order chi connectivity index (χ0) is 13.7. The van der Waals surface area contributed by atoms with Gasteiger partial charge in [-0.3, -0.25) is 4.79 Å². The highest BCUT2D eigenvalue weighted by molar-refractivity contribution is 5.94. The molecule has 0 aliphatic heterocycles. The van der Waals surface area contributed by atoms with E-state index in [0.29, 0.717) is 12.1 Å². The highest BCUT2D eigenvalue weighted by Gasteiger charge is 2.04. The monoisotopic (exact) mass is 255 g/mol. The van der Waals surface area contributed by atoms with Crippen molar-refractivity contribution in [2.75, 3.05) is 13.7 Å². The fourth-order valence-electron chi connectivity index (χ4n) is 1.86. The molecule has 0 fully saturated rings. The Kier molecular flexibility index (Phi) is 4.18. The Bertz CT molecular complexity index is 544. The van der Waals surface area contributed by atoms with E-state index in [1.807, 2.05) is 55.5 Å². The molecule has 0 aliphatic rings. The van der Waals surface area contributed by atoms with E-state index in [1.54, 1.807) is 7.11 Å². The Hall–Kier alpha value is -2.29. The summed E-state index contributed by atoms with van der Waals surface area (Å²) in [5.74, 6) is 0.798. The van der Waals surface area contributed by atoms with Gasteiger partial charge < -0.3 is 10.1 Å². The van der Waals surface area contributed by atoms with Gasteiger partial charge in [0.05, 0.1) is 7.11 Å². The molecular weight excluding hydrogens is 238 g/mol. The average molecular weight is 255 g/mol. The van der Waals surface area contributed by atoms with Crippen molar-refractivity contribution < 1.29 is 9.53 Å². The van der Waals surface area contributed by atoms with Gasteiger partial charge in [0.2, 0.25) is 0 Å². The van der Waals surface area contributed by atoms with Gasteiger partial charge in [0, 0.05) is 12.1 Å². The number of ether oxygens (including phenoxy) is 1. The third kappa shape index (κ3) is 3.13. The van der Waals surface area contributed by atoms with Gasteiger partial charge >= 0.3 is 0 Å². The van der Waals surface area contributed by atoms with Crippen LogP contribution in [0.4, 0.5) is 0 Å². The van der Waals surface area contributed by atoms with Crippen molar-refractivity contribution in [3.05, 3.63) is 54.1 Å². The summed E-state index contributed by atoms with van der Waals surface area (Å²) in [6.07, 6.45) is 0. The minimum atomic E-state index is -0.0382. The van der Waals surface area contributed by atoms with Crippen LogP contribution >= 0.6 is 0 Å². The van der Waals surface area contributed by atoms with Crippen LogP contribution in [0.5, 0.6) is 5.75 Å². The van der Waals surface area contributed by atoms with E-state index in [-0.39, 0.29) is 5.91 Å². The van der Waals surface area contributed by atoms with Crippen molar-refractivity contribution in [2.24, 2.45) is 0 Å². The number of hydrogen-bond acceptors (Lipinski definition) is 2. The molecule has 0 saturated carbocycles. The van der Waals surface area contributed by atoms with Crippen molar-refractivity contribution in [2.45, 2.75) is 6.92 Å². The van der Waals surface area contributed by atoms with Crippen molar-refractivity contribution in [3.63, 3.8) is 0 Å². The summed E-state index contributed by atoms with van der Waals surface area (Å²) in [7, 11) is 1.65. The van der Waals surface area contributed by atoms with E-state index in [1.165, 1.54) is 0 Å². The molecule has 3 heteroatoms. The molecule has 0 saturated heterocycles. The molecule has 0 radical (unpaired) electrons. The Morgan fingerprint density at radius 2 is 1.53 bits per heavy atom. The fourth-order valence-corrected chi connectivity index (χ4v) is 1.86. The number of carbonyl (C=O) groups excluding carboxylic acids is 1. The normalized spacial score (nSPS) is 10.0. The van der Waals surface area contributed by atoms with Gasteiger partial charge in [-0.1, -0.05) is 24.3 Å². The lowest BCUT2D eigenvalue weighted by molar-refractivity contribution is 0.0956. The lowest BCUT2D eigenvalue weighted by atomic mass is 10.0. The van der Waals surface area contributed by atoms with Crippen LogP contribution in [-0.2, 0) is 0 Å². The van der Waals surface area contributed by atoms with E-state index in [2.05, 4.69) is 5.32 Å². The second kappa shape index (κ2) is 6.05. The maximum Gasteiger partial charge on any atom is 0.251 e. The summed E-state index contributed by atoms with van der Waals surface area (Å²) in [6.45, 7) is 2.54. The summed E-state index contributed by atoms with van der Waals surface area (Å²) < 4.78 is 5.13. The Labute approximate surface area is 113 Å². The highest BCUT2D eigenvalue weighted by atomic mass is 16.5. The molecular formula is C16H17NO2. The lowest BCUT2D eigenvalue weighted by Crippen LogP contribution is -2.22. The van der Waals surface area contributed by atoms with Gasteiger partial charge in [-0.2, -0.15) is 0 Å². The Morgan fingerprint density at radius 3 is 2.00 bits per heavy atom. The third-order valence-electron chi connectivity index (χ3n) is 2.91. The van der Waals surface area contributed by atoms with Gasteiger partial charge in [0.15, 0.2) is 0 Å². The zero-order valence-corrected chi connectivity index (χ0v) is 11.1.